The number of carbonyl (C=O) groups is 1. The molecule has 3 aliphatic rings. The highest BCUT2D eigenvalue weighted by molar-refractivity contribution is 5.79. The summed E-state index contributed by atoms with van der Waals surface area (Å²) in [4.78, 5) is 28.8. The Bertz CT molecular complexity index is 652. The van der Waals surface area contributed by atoms with Crippen molar-refractivity contribution < 1.29 is 4.79 Å². The zero-order chi connectivity index (χ0) is 19.3. The van der Waals surface area contributed by atoms with Gasteiger partial charge in [-0.25, -0.2) is 9.97 Å². The third-order valence-electron chi connectivity index (χ3n) is 6.78. The van der Waals surface area contributed by atoms with E-state index < -0.39 is 0 Å². The molecule has 1 amide bonds. The first-order valence-corrected chi connectivity index (χ1v) is 11.3. The van der Waals surface area contributed by atoms with E-state index in [2.05, 4.69) is 31.6 Å². The van der Waals surface area contributed by atoms with Gasteiger partial charge in [0, 0.05) is 50.5 Å². The van der Waals surface area contributed by atoms with E-state index in [4.69, 9.17) is 0 Å². The summed E-state index contributed by atoms with van der Waals surface area (Å²) < 4.78 is 0. The zero-order valence-electron chi connectivity index (χ0n) is 17.4. The minimum absolute atomic E-state index is 0.225. The molecule has 1 aromatic rings. The number of aromatic nitrogens is 2. The molecule has 3 fully saturated rings. The van der Waals surface area contributed by atoms with Crippen LogP contribution in [0.15, 0.2) is 12.5 Å². The number of hydrogen-bond donors (Lipinski definition) is 0. The maximum absolute atomic E-state index is 12.8. The maximum Gasteiger partial charge on any atom is 0.226 e. The van der Waals surface area contributed by atoms with Crippen LogP contribution in [0.25, 0.3) is 0 Å². The lowest BCUT2D eigenvalue weighted by molar-refractivity contribution is -0.136. The average Bonchev–Trinajstić information content (AvgIpc) is 3.29. The molecule has 1 atom stereocenters. The van der Waals surface area contributed by atoms with Gasteiger partial charge in [0.1, 0.15) is 12.1 Å². The van der Waals surface area contributed by atoms with E-state index in [1.54, 1.807) is 6.33 Å². The van der Waals surface area contributed by atoms with Crippen LogP contribution in [0.3, 0.4) is 0 Å². The molecule has 0 saturated carbocycles. The van der Waals surface area contributed by atoms with Gasteiger partial charge in [-0.15, -0.1) is 0 Å². The second-order valence-electron chi connectivity index (χ2n) is 8.71. The summed E-state index contributed by atoms with van der Waals surface area (Å²) in [5, 5.41) is 0. The first-order chi connectivity index (χ1) is 13.8. The van der Waals surface area contributed by atoms with Gasteiger partial charge in [0.25, 0.3) is 0 Å². The number of aryl methyl sites for hydroxylation is 1. The number of hydrogen-bond acceptors (Lipinski definition) is 5. The number of likely N-dealkylation sites (tertiary alicyclic amines) is 2. The number of anilines is 1. The van der Waals surface area contributed by atoms with Crippen molar-refractivity contribution in [3.63, 3.8) is 0 Å². The molecule has 6 heteroatoms. The summed E-state index contributed by atoms with van der Waals surface area (Å²) in [6.45, 7) is 8.40. The van der Waals surface area contributed by atoms with Crippen molar-refractivity contribution >= 4 is 11.7 Å². The Balaban J connectivity index is 1.33. The van der Waals surface area contributed by atoms with Gasteiger partial charge in [0.05, 0.1) is 5.92 Å². The van der Waals surface area contributed by atoms with Crippen LogP contribution in [0.4, 0.5) is 5.82 Å². The van der Waals surface area contributed by atoms with Crippen molar-refractivity contribution in [3.05, 3.63) is 18.1 Å². The molecule has 154 valence electrons. The summed E-state index contributed by atoms with van der Waals surface area (Å²) in [6.07, 6.45) is 12.8. The second kappa shape index (κ2) is 9.21. The van der Waals surface area contributed by atoms with Gasteiger partial charge in [0.2, 0.25) is 5.91 Å². The number of rotatable bonds is 5. The van der Waals surface area contributed by atoms with Gasteiger partial charge >= 0.3 is 0 Å². The third kappa shape index (κ3) is 4.32. The molecule has 0 aromatic carbocycles. The number of amides is 1. The van der Waals surface area contributed by atoms with Crippen molar-refractivity contribution in [1.82, 2.24) is 19.8 Å². The Kier molecular flexibility index (Phi) is 6.45. The lowest BCUT2D eigenvalue weighted by Gasteiger charge is -2.43. The van der Waals surface area contributed by atoms with Gasteiger partial charge in [-0.1, -0.05) is 13.3 Å². The lowest BCUT2D eigenvalue weighted by Crippen LogP contribution is -2.51. The summed E-state index contributed by atoms with van der Waals surface area (Å²) in [6, 6.07) is 0.613. The molecule has 0 N–H and O–H groups in total. The van der Waals surface area contributed by atoms with E-state index in [9.17, 15) is 4.79 Å². The van der Waals surface area contributed by atoms with Crippen LogP contribution in [0.5, 0.6) is 0 Å². The predicted octanol–water partition coefficient (Wildman–Crippen LogP) is 2.73. The number of piperidine rings is 2. The van der Waals surface area contributed by atoms with Crippen molar-refractivity contribution in [3.8, 4) is 0 Å². The summed E-state index contributed by atoms with van der Waals surface area (Å²) >= 11 is 0. The van der Waals surface area contributed by atoms with Crippen LogP contribution < -0.4 is 4.90 Å². The minimum Gasteiger partial charge on any atom is -0.356 e. The SMILES string of the molecule is CCCc1cncnc1N1CCC(N2CCCC(C(=O)N3CCCC3)C2)CC1. The number of nitrogens with zero attached hydrogens (tertiary/aromatic N) is 5. The quantitative estimate of drug-likeness (QED) is 0.780. The monoisotopic (exact) mass is 385 g/mol. The molecule has 0 spiro atoms. The largest absolute Gasteiger partial charge is 0.356 e. The van der Waals surface area contributed by atoms with E-state index in [-0.39, 0.29) is 5.92 Å². The Morgan fingerprint density at radius 2 is 1.86 bits per heavy atom. The molecule has 4 rings (SSSR count). The van der Waals surface area contributed by atoms with Crippen LogP contribution in [-0.2, 0) is 11.2 Å². The van der Waals surface area contributed by atoms with Crippen molar-refractivity contribution in [2.75, 3.05) is 44.2 Å². The summed E-state index contributed by atoms with van der Waals surface area (Å²) in [5.74, 6) is 1.78. The molecule has 3 saturated heterocycles. The Hall–Kier alpha value is -1.69. The summed E-state index contributed by atoms with van der Waals surface area (Å²) in [7, 11) is 0. The Morgan fingerprint density at radius 1 is 1.07 bits per heavy atom. The topological polar surface area (TPSA) is 52.6 Å². The fourth-order valence-corrected chi connectivity index (χ4v) is 5.26. The molecule has 4 heterocycles. The van der Waals surface area contributed by atoms with E-state index >= 15 is 0 Å². The number of carbonyl (C=O) groups excluding carboxylic acids is 1. The van der Waals surface area contributed by atoms with E-state index in [0.717, 1.165) is 70.8 Å². The molecule has 28 heavy (non-hydrogen) atoms. The lowest BCUT2D eigenvalue weighted by atomic mass is 9.93. The average molecular weight is 386 g/mol. The first kappa shape index (κ1) is 19.6. The third-order valence-corrected chi connectivity index (χ3v) is 6.78. The highest BCUT2D eigenvalue weighted by Crippen LogP contribution is 2.28. The van der Waals surface area contributed by atoms with Gasteiger partial charge in [-0.3, -0.25) is 9.69 Å². The van der Waals surface area contributed by atoms with Crippen LogP contribution in [0, 0.1) is 5.92 Å². The molecule has 0 aliphatic carbocycles. The minimum atomic E-state index is 0.225. The van der Waals surface area contributed by atoms with Crippen molar-refractivity contribution in [2.45, 2.75) is 64.3 Å². The second-order valence-corrected chi connectivity index (χ2v) is 8.71. The Morgan fingerprint density at radius 3 is 2.61 bits per heavy atom. The summed E-state index contributed by atoms with van der Waals surface area (Å²) in [5.41, 5.74) is 1.28. The first-order valence-electron chi connectivity index (χ1n) is 11.3. The zero-order valence-corrected chi connectivity index (χ0v) is 17.4. The molecule has 6 nitrogen and oxygen atoms in total. The van der Waals surface area contributed by atoms with Gasteiger partial charge in [-0.05, 0) is 51.5 Å². The van der Waals surface area contributed by atoms with Crippen LogP contribution in [0.2, 0.25) is 0 Å². The molecule has 1 aromatic heterocycles. The smallest absolute Gasteiger partial charge is 0.226 e. The molecule has 3 aliphatic heterocycles. The molecular formula is C22H35N5O. The molecule has 0 radical (unpaired) electrons. The van der Waals surface area contributed by atoms with Crippen LogP contribution >= 0.6 is 0 Å². The predicted molar refractivity (Wildman–Crippen MR) is 111 cm³/mol. The van der Waals surface area contributed by atoms with Crippen LogP contribution in [0.1, 0.15) is 57.4 Å². The molecule has 1 unspecified atom stereocenters. The van der Waals surface area contributed by atoms with E-state index in [0.29, 0.717) is 11.9 Å². The van der Waals surface area contributed by atoms with Gasteiger partial charge in [-0.2, -0.15) is 0 Å². The van der Waals surface area contributed by atoms with Gasteiger partial charge < -0.3 is 9.80 Å². The van der Waals surface area contributed by atoms with Crippen molar-refractivity contribution in [2.24, 2.45) is 5.92 Å². The van der Waals surface area contributed by atoms with Crippen LogP contribution in [-0.4, -0.2) is 71.0 Å². The molecule has 0 bridgehead atoms. The van der Waals surface area contributed by atoms with E-state index in [1.165, 1.54) is 31.2 Å². The van der Waals surface area contributed by atoms with E-state index in [1.807, 2.05) is 6.20 Å². The fourth-order valence-electron chi connectivity index (χ4n) is 5.26. The maximum atomic E-state index is 12.8. The standard InChI is InChI=1S/C22H35N5O/c1-2-6-18-15-23-17-24-21(18)25-13-8-20(9-14-25)27-12-5-7-19(16-27)22(28)26-10-3-4-11-26/h15,17,19-20H,2-14,16H2,1H3. The fraction of sp³-hybridized carbons (Fsp3) is 0.773. The normalized spacial score (nSPS) is 24.7. The highest BCUT2D eigenvalue weighted by atomic mass is 16.2. The van der Waals surface area contributed by atoms with Crippen molar-refractivity contribution in [1.29, 1.82) is 0 Å². The highest BCUT2D eigenvalue weighted by Gasteiger charge is 2.34. The van der Waals surface area contributed by atoms with Gasteiger partial charge in [0.15, 0.2) is 0 Å². The Labute approximate surface area is 169 Å². The molecular weight excluding hydrogens is 350 g/mol.